The lowest BCUT2D eigenvalue weighted by Crippen LogP contribution is -2.20. The summed E-state index contributed by atoms with van der Waals surface area (Å²) in [6.07, 6.45) is 0.976. The SMILES string of the molecule is OCCCNCCc1c(F)cccc1F. The molecule has 0 bridgehead atoms. The molecule has 0 aromatic heterocycles. The molecule has 2 N–H and O–H groups in total. The fourth-order valence-corrected chi connectivity index (χ4v) is 1.31. The second-order valence-corrected chi connectivity index (χ2v) is 3.28. The van der Waals surface area contributed by atoms with E-state index in [1.807, 2.05) is 0 Å². The highest BCUT2D eigenvalue weighted by atomic mass is 19.1. The lowest BCUT2D eigenvalue weighted by atomic mass is 10.1. The largest absolute Gasteiger partial charge is 0.396 e. The number of halogens is 2. The average molecular weight is 215 g/mol. The van der Waals surface area contributed by atoms with Gasteiger partial charge in [-0.3, -0.25) is 0 Å². The van der Waals surface area contributed by atoms with Crippen molar-refractivity contribution in [2.45, 2.75) is 12.8 Å². The molecule has 0 saturated carbocycles. The maximum Gasteiger partial charge on any atom is 0.129 e. The number of rotatable bonds is 6. The van der Waals surface area contributed by atoms with E-state index in [0.717, 1.165) is 0 Å². The Balaban J connectivity index is 2.37. The third-order valence-electron chi connectivity index (χ3n) is 2.13. The molecular formula is C11H15F2NO. The summed E-state index contributed by atoms with van der Waals surface area (Å²) in [4.78, 5) is 0. The van der Waals surface area contributed by atoms with Crippen molar-refractivity contribution >= 4 is 0 Å². The van der Waals surface area contributed by atoms with E-state index in [1.165, 1.54) is 18.2 Å². The van der Waals surface area contributed by atoms with Crippen LogP contribution in [0.5, 0.6) is 0 Å². The molecule has 0 saturated heterocycles. The molecule has 0 radical (unpaired) electrons. The lowest BCUT2D eigenvalue weighted by molar-refractivity contribution is 0.286. The molecule has 0 unspecified atom stereocenters. The zero-order chi connectivity index (χ0) is 11.1. The molecule has 4 heteroatoms. The predicted octanol–water partition coefficient (Wildman–Crippen LogP) is 1.48. The van der Waals surface area contributed by atoms with Crippen molar-refractivity contribution in [3.05, 3.63) is 35.4 Å². The predicted molar refractivity (Wildman–Crippen MR) is 54.6 cm³/mol. The second kappa shape index (κ2) is 6.48. The van der Waals surface area contributed by atoms with Crippen molar-refractivity contribution in [1.82, 2.24) is 5.32 Å². The molecular weight excluding hydrogens is 200 g/mol. The molecule has 15 heavy (non-hydrogen) atoms. The number of aliphatic hydroxyl groups is 1. The molecule has 84 valence electrons. The van der Waals surface area contributed by atoms with Crippen LogP contribution in [0, 0.1) is 11.6 Å². The smallest absolute Gasteiger partial charge is 0.129 e. The minimum absolute atomic E-state index is 0.119. The van der Waals surface area contributed by atoms with Crippen LogP contribution in [0.4, 0.5) is 8.78 Å². The van der Waals surface area contributed by atoms with Crippen molar-refractivity contribution in [3.8, 4) is 0 Å². The van der Waals surface area contributed by atoms with Gasteiger partial charge in [0.25, 0.3) is 0 Å². The van der Waals surface area contributed by atoms with E-state index in [-0.39, 0.29) is 12.2 Å². The Morgan fingerprint density at radius 2 is 1.80 bits per heavy atom. The van der Waals surface area contributed by atoms with E-state index >= 15 is 0 Å². The van der Waals surface area contributed by atoms with Gasteiger partial charge in [0.05, 0.1) is 0 Å². The van der Waals surface area contributed by atoms with Crippen LogP contribution in [-0.4, -0.2) is 24.8 Å². The Bertz CT molecular complexity index is 284. The minimum atomic E-state index is -0.501. The Morgan fingerprint density at radius 3 is 2.40 bits per heavy atom. The van der Waals surface area contributed by atoms with Crippen LogP contribution in [0.1, 0.15) is 12.0 Å². The maximum atomic E-state index is 13.1. The Morgan fingerprint density at radius 1 is 1.13 bits per heavy atom. The third kappa shape index (κ3) is 3.93. The summed E-state index contributed by atoms with van der Waals surface area (Å²) >= 11 is 0. The van der Waals surface area contributed by atoms with E-state index in [4.69, 9.17) is 5.11 Å². The number of nitrogens with one attached hydrogen (secondary N) is 1. The molecule has 0 amide bonds. The van der Waals surface area contributed by atoms with Gasteiger partial charge in [0.15, 0.2) is 0 Å². The molecule has 0 heterocycles. The first-order valence-corrected chi connectivity index (χ1v) is 5.00. The van der Waals surface area contributed by atoms with Gasteiger partial charge in [-0.25, -0.2) is 8.78 Å². The van der Waals surface area contributed by atoms with E-state index in [1.54, 1.807) is 0 Å². The van der Waals surface area contributed by atoms with Crippen LogP contribution in [0.2, 0.25) is 0 Å². The minimum Gasteiger partial charge on any atom is -0.396 e. The van der Waals surface area contributed by atoms with Crippen molar-refractivity contribution < 1.29 is 13.9 Å². The molecule has 0 spiro atoms. The number of hydrogen-bond acceptors (Lipinski definition) is 2. The molecule has 1 aromatic rings. The Labute approximate surface area is 87.9 Å². The fraction of sp³-hybridized carbons (Fsp3) is 0.455. The molecule has 0 aliphatic heterocycles. The number of aliphatic hydroxyl groups excluding tert-OH is 1. The summed E-state index contributed by atoms with van der Waals surface area (Å²) < 4.78 is 26.2. The standard InChI is InChI=1S/C11H15F2NO/c12-10-3-1-4-11(13)9(10)5-7-14-6-2-8-15/h1,3-4,14-15H,2,5-8H2. The van der Waals surface area contributed by atoms with Crippen LogP contribution in [0.25, 0.3) is 0 Å². The summed E-state index contributed by atoms with van der Waals surface area (Å²) in [5.41, 5.74) is 0.119. The lowest BCUT2D eigenvalue weighted by Gasteiger charge is -2.05. The highest BCUT2D eigenvalue weighted by molar-refractivity contribution is 5.19. The highest BCUT2D eigenvalue weighted by Gasteiger charge is 2.06. The van der Waals surface area contributed by atoms with Gasteiger partial charge in [-0.1, -0.05) is 6.07 Å². The molecule has 2 nitrogen and oxygen atoms in total. The topological polar surface area (TPSA) is 32.3 Å². The second-order valence-electron chi connectivity index (χ2n) is 3.28. The van der Waals surface area contributed by atoms with Crippen molar-refractivity contribution in [2.24, 2.45) is 0 Å². The quantitative estimate of drug-likeness (QED) is 0.704. The van der Waals surface area contributed by atoms with E-state index < -0.39 is 11.6 Å². The molecule has 0 aliphatic rings. The first-order valence-electron chi connectivity index (χ1n) is 5.00. The first kappa shape index (κ1) is 12.1. The summed E-state index contributed by atoms with van der Waals surface area (Å²) in [6.45, 7) is 1.30. The summed E-state index contributed by atoms with van der Waals surface area (Å²) in [5, 5.41) is 11.5. The first-order chi connectivity index (χ1) is 7.25. The van der Waals surface area contributed by atoms with Gasteiger partial charge >= 0.3 is 0 Å². The van der Waals surface area contributed by atoms with Crippen molar-refractivity contribution in [2.75, 3.05) is 19.7 Å². The zero-order valence-corrected chi connectivity index (χ0v) is 8.47. The monoisotopic (exact) mass is 215 g/mol. The van der Waals surface area contributed by atoms with Gasteiger partial charge in [-0.05, 0) is 38.1 Å². The molecule has 1 aromatic carbocycles. The van der Waals surface area contributed by atoms with E-state index in [2.05, 4.69) is 5.32 Å². The summed E-state index contributed by atoms with van der Waals surface area (Å²) in [5.74, 6) is -1.00. The van der Waals surface area contributed by atoms with Gasteiger partial charge in [0, 0.05) is 12.2 Å². The van der Waals surface area contributed by atoms with Crippen molar-refractivity contribution in [1.29, 1.82) is 0 Å². The van der Waals surface area contributed by atoms with Crippen LogP contribution >= 0.6 is 0 Å². The molecule has 1 rings (SSSR count). The number of benzene rings is 1. The molecule has 0 fully saturated rings. The van der Waals surface area contributed by atoms with E-state index in [9.17, 15) is 8.78 Å². The average Bonchev–Trinajstić information content (AvgIpc) is 2.21. The van der Waals surface area contributed by atoms with Gasteiger partial charge in [0.1, 0.15) is 11.6 Å². The zero-order valence-electron chi connectivity index (χ0n) is 8.47. The molecule has 0 atom stereocenters. The highest BCUT2D eigenvalue weighted by Crippen LogP contribution is 2.11. The maximum absolute atomic E-state index is 13.1. The van der Waals surface area contributed by atoms with Gasteiger partial charge < -0.3 is 10.4 Å². The van der Waals surface area contributed by atoms with Gasteiger partial charge in [-0.2, -0.15) is 0 Å². The third-order valence-corrected chi connectivity index (χ3v) is 2.13. The summed E-state index contributed by atoms with van der Waals surface area (Å²) in [7, 11) is 0. The normalized spacial score (nSPS) is 10.6. The Hall–Kier alpha value is -1.00. The van der Waals surface area contributed by atoms with Crippen LogP contribution in [-0.2, 0) is 6.42 Å². The molecule has 0 aliphatic carbocycles. The number of hydrogen-bond donors (Lipinski definition) is 2. The van der Waals surface area contributed by atoms with Crippen LogP contribution in [0.15, 0.2) is 18.2 Å². The van der Waals surface area contributed by atoms with E-state index in [0.29, 0.717) is 25.9 Å². The van der Waals surface area contributed by atoms with Crippen molar-refractivity contribution in [3.63, 3.8) is 0 Å². The van der Waals surface area contributed by atoms with Gasteiger partial charge in [0.2, 0.25) is 0 Å². The fourth-order valence-electron chi connectivity index (χ4n) is 1.31. The summed E-state index contributed by atoms with van der Waals surface area (Å²) in [6, 6.07) is 3.87. The van der Waals surface area contributed by atoms with Crippen LogP contribution in [0.3, 0.4) is 0 Å². The van der Waals surface area contributed by atoms with Crippen LogP contribution < -0.4 is 5.32 Å². The Kier molecular flexibility index (Phi) is 5.21. The van der Waals surface area contributed by atoms with Gasteiger partial charge in [-0.15, -0.1) is 0 Å².